The number of hydrogen-bond donors (Lipinski definition) is 2. The number of rotatable bonds is 4. The number of aromatic nitrogens is 2. The summed E-state index contributed by atoms with van der Waals surface area (Å²) < 4.78 is 11.4. The second-order valence-electron chi connectivity index (χ2n) is 3.52. The zero-order valence-electron chi connectivity index (χ0n) is 10.1. The fourth-order valence-corrected chi connectivity index (χ4v) is 1.82. The first-order chi connectivity index (χ1) is 9.11. The first-order valence-corrected chi connectivity index (χ1v) is 6.08. The third-order valence-corrected chi connectivity index (χ3v) is 2.89. The molecule has 2 aromatic rings. The second-order valence-corrected chi connectivity index (χ2v) is 4.38. The highest BCUT2D eigenvalue weighted by Crippen LogP contribution is 2.32. The van der Waals surface area contributed by atoms with Gasteiger partial charge in [0.15, 0.2) is 5.69 Å². The maximum atomic E-state index is 7.42. The van der Waals surface area contributed by atoms with Gasteiger partial charge in [0.25, 0.3) is 0 Å². The van der Waals surface area contributed by atoms with Crippen LogP contribution in [0.25, 0.3) is 0 Å². The standard InChI is InChI=1S/C12H11BrN4O2/c1-18-7-2-3-9(8(13)6-7)19-12-10(11(14)15)16-4-5-17-12/h2-6H,1H3,(H3,14,15). The monoisotopic (exact) mass is 322 g/mol. The maximum Gasteiger partial charge on any atom is 0.249 e. The molecule has 0 spiro atoms. The highest BCUT2D eigenvalue weighted by atomic mass is 79.9. The van der Waals surface area contributed by atoms with Gasteiger partial charge in [-0.1, -0.05) is 0 Å². The van der Waals surface area contributed by atoms with Gasteiger partial charge in [0.2, 0.25) is 5.88 Å². The van der Waals surface area contributed by atoms with Gasteiger partial charge in [-0.3, -0.25) is 5.41 Å². The molecule has 0 radical (unpaired) electrons. The first-order valence-electron chi connectivity index (χ1n) is 5.28. The van der Waals surface area contributed by atoms with E-state index in [1.165, 1.54) is 12.4 Å². The molecule has 6 nitrogen and oxygen atoms in total. The molecule has 1 heterocycles. The van der Waals surface area contributed by atoms with Crippen LogP contribution in [0.4, 0.5) is 0 Å². The number of methoxy groups -OCH3 is 1. The van der Waals surface area contributed by atoms with Crippen molar-refractivity contribution >= 4 is 21.8 Å². The van der Waals surface area contributed by atoms with Gasteiger partial charge in [-0.05, 0) is 34.1 Å². The molecule has 98 valence electrons. The van der Waals surface area contributed by atoms with Gasteiger partial charge in [-0.25, -0.2) is 9.97 Å². The Balaban J connectivity index is 2.34. The van der Waals surface area contributed by atoms with Crippen LogP contribution in [0, 0.1) is 5.41 Å². The Labute approximate surface area is 118 Å². The molecule has 0 atom stereocenters. The van der Waals surface area contributed by atoms with Crippen molar-refractivity contribution in [3.63, 3.8) is 0 Å². The van der Waals surface area contributed by atoms with E-state index >= 15 is 0 Å². The molecule has 2 rings (SSSR count). The maximum absolute atomic E-state index is 7.42. The number of nitrogens with zero attached hydrogens (tertiary/aromatic N) is 2. The van der Waals surface area contributed by atoms with Crippen molar-refractivity contribution in [3.05, 3.63) is 40.8 Å². The van der Waals surface area contributed by atoms with Crippen LogP contribution in [-0.2, 0) is 0 Å². The molecular weight excluding hydrogens is 312 g/mol. The lowest BCUT2D eigenvalue weighted by Crippen LogP contribution is -2.15. The first kappa shape index (κ1) is 13.3. The molecular formula is C12H11BrN4O2. The van der Waals surface area contributed by atoms with Gasteiger partial charge >= 0.3 is 0 Å². The number of ether oxygens (including phenoxy) is 2. The van der Waals surface area contributed by atoms with Crippen molar-refractivity contribution in [1.82, 2.24) is 9.97 Å². The van der Waals surface area contributed by atoms with E-state index in [2.05, 4.69) is 25.9 Å². The van der Waals surface area contributed by atoms with E-state index in [0.29, 0.717) is 16.0 Å². The Morgan fingerprint density at radius 3 is 2.68 bits per heavy atom. The molecule has 0 aliphatic carbocycles. The summed E-state index contributed by atoms with van der Waals surface area (Å²) in [6, 6.07) is 5.24. The van der Waals surface area contributed by atoms with E-state index in [1.807, 2.05) is 0 Å². The predicted molar refractivity (Wildman–Crippen MR) is 73.8 cm³/mol. The highest BCUT2D eigenvalue weighted by Gasteiger charge is 2.12. The molecule has 0 amide bonds. The van der Waals surface area contributed by atoms with Crippen molar-refractivity contribution in [2.24, 2.45) is 5.73 Å². The minimum Gasteiger partial charge on any atom is -0.497 e. The van der Waals surface area contributed by atoms with Crippen LogP contribution in [0.1, 0.15) is 5.69 Å². The molecule has 1 aromatic heterocycles. The zero-order valence-corrected chi connectivity index (χ0v) is 11.6. The summed E-state index contributed by atoms with van der Waals surface area (Å²) in [5.74, 6) is 1.21. The zero-order chi connectivity index (χ0) is 13.8. The molecule has 0 fully saturated rings. The molecule has 19 heavy (non-hydrogen) atoms. The summed E-state index contributed by atoms with van der Waals surface area (Å²) >= 11 is 3.37. The predicted octanol–water partition coefficient (Wildman–Crippen LogP) is 2.32. The SMILES string of the molecule is COc1ccc(Oc2nccnc2C(=N)N)c(Br)c1. The highest BCUT2D eigenvalue weighted by molar-refractivity contribution is 9.10. The van der Waals surface area contributed by atoms with Crippen molar-refractivity contribution in [3.8, 4) is 17.4 Å². The smallest absolute Gasteiger partial charge is 0.249 e. The number of hydrogen-bond acceptors (Lipinski definition) is 5. The van der Waals surface area contributed by atoms with E-state index in [-0.39, 0.29) is 17.4 Å². The Bertz CT molecular complexity index is 618. The average Bonchev–Trinajstić information content (AvgIpc) is 2.41. The minimum absolute atomic E-state index is 0.181. The van der Waals surface area contributed by atoms with Crippen LogP contribution in [0.3, 0.4) is 0 Å². The second kappa shape index (κ2) is 5.66. The van der Waals surface area contributed by atoms with Crippen molar-refractivity contribution < 1.29 is 9.47 Å². The molecule has 0 unspecified atom stereocenters. The van der Waals surface area contributed by atoms with Crippen LogP contribution >= 0.6 is 15.9 Å². The molecule has 3 N–H and O–H groups in total. The van der Waals surface area contributed by atoms with Gasteiger partial charge in [0.1, 0.15) is 17.3 Å². The third-order valence-electron chi connectivity index (χ3n) is 2.27. The largest absolute Gasteiger partial charge is 0.497 e. The lowest BCUT2D eigenvalue weighted by Gasteiger charge is -2.10. The average molecular weight is 323 g/mol. The summed E-state index contributed by atoms with van der Waals surface area (Å²) in [5.41, 5.74) is 5.62. The number of nitrogens with two attached hydrogens (primary N) is 1. The molecule has 0 saturated heterocycles. The fraction of sp³-hybridized carbons (Fsp3) is 0.0833. The fourth-order valence-electron chi connectivity index (χ4n) is 1.38. The molecule has 0 aliphatic rings. The number of nitrogen functional groups attached to an aromatic ring is 1. The molecule has 0 bridgehead atoms. The summed E-state index contributed by atoms with van der Waals surface area (Å²) in [6.45, 7) is 0. The topological polar surface area (TPSA) is 94.1 Å². The van der Waals surface area contributed by atoms with Gasteiger partial charge < -0.3 is 15.2 Å². The van der Waals surface area contributed by atoms with Crippen LogP contribution < -0.4 is 15.2 Å². The number of halogens is 1. The van der Waals surface area contributed by atoms with E-state index in [4.69, 9.17) is 20.6 Å². The van der Waals surface area contributed by atoms with E-state index in [1.54, 1.807) is 25.3 Å². The molecule has 0 aliphatic heterocycles. The minimum atomic E-state index is -0.201. The lowest BCUT2D eigenvalue weighted by molar-refractivity contribution is 0.411. The van der Waals surface area contributed by atoms with E-state index < -0.39 is 0 Å². The third kappa shape index (κ3) is 3.00. The van der Waals surface area contributed by atoms with E-state index in [9.17, 15) is 0 Å². The van der Waals surface area contributed by atoms with Gasteiger partial charge in [0, 0.05) is 12.4 Å². The van der Waals surface area contributed by atoms with Gasteiger partial charge in [0.05, 0.1) is 11.6 Å². The Morgan fingerprint density at radius 2 is 2.05 bits per heavy atom. The number of amidine groups is 1. The van der Waals surface area contributed by atoms with Crippen LogP contribution in [0.2, 0.25) is 0 Å². The summed E-state index contributed by atoms with van der Waals surface area (Å²) in [7, 11) is 1.58. The molecule has 0 saturated carbocycles. The lowest BCUT2D eigenvalue weighted by atomic mass is 10.3. The summed E-state index contributed by atoms with van der Waals surface area (Å²) in [5, 5.41) is 7.42. The van der Waals surface area contributed by atoms with Crippen molar-refractivity contribution in [2.75, 3.05) is 7.11 Å². The Hall–Kier alpha value is -2.15. The van der Waals surface area contributed by atoms with E-state index in [0.717, 1.165) is 0 Å². The quantitative estimate of drug-likeness (QED) is 0.665. The summed E-state index contributed by atoms with van der Waals surface area (Å²) in [6.07, 6.45) is 2.92. The van der Waals surface area contributed by atoms with Crippen LogP contribution in [0.15, 0.2) is 35.1 Å². The molecule has 7 heteroatoms. The summed E-state index contributed by atoms with van der Waals surface area (Å²) in [4.78, 5) is 7.98. The van der Waals surface area contributed by atoms with Gasteiger partial charge in [-0.2, -0.15) is 0 Å². The van der Waals surface area contributed by atoms with Gasteiger partial charge in [-0.15, -0.1) is 0 Å². The normalized spacial score (nSPS) is 10.0. The Morgan fingerprint density at radius 1 is 1.32 bits per heavy atom. The number of nitrogens with one attached hydrogen (secondary N) is 1. The van der Waals surface area contributed by atoms with Crippen LogP contribution in [-0.4, -0.2) is 22.9 Å². The van der Waals surface area contributed by atoms with Crippen molar-refractivity contribution in [1.29, 1.82) is 5.41 Å². The Kier molecular flexibility index (Phi) is 3.96. The van der Waals surface area contributed by atoms with Crippen LogP contribution in [0.5, 0.6) is 17.4 Å². The molecule has 1 aromatic carbocycles. The van der Waals surface area contributed by atoms with Crippen molar-refractivity contribution in [2.45, 2.75) is 0 Å². The number of benzene rings is 1.